The fourth-order valence-corrected chi connectivity index (χ4v) is 2.36. The van der Waals surface area contributed by atoms with E-state index in [0.29, 0.717) is 11.8 Å². The third-order valence-corrected chi connectivity index (χ3v) is 3.94. The van der Waals surface area contributed by atoms with E-state index in [1.54, 1.807) is 0 Å². The average Bonchev–Trinajstić information content (AvgIpc) is 2.29. The summed E-state index contributed by atoms with van der Waals surface area (Å²) >= 11 is 0. The number of aryl methyl sites for hydroxylation is 2. The summed E-state index contributed by atoms with van der Waals surface area (Å²) in [5.74, 6) is 1.37. The molecule has 0 heterocycles. The second-order valence-electron chi connectivity index (χ2n) is 5.18. The molecule has 0 saturated carbocycles. The van der Waals surface area contributed by atoms with Gasteiger partial charge in [-0.1, -0.05) is 39.8 Å². The van der Waals surface area contributed by atoms with Crippen molar-refractivity contribution in [2.45, 2.75) is 66.2 Å². The summed E-state index contributed by atoms with van der Waals surface area (Å²) in [6.45, 7) is 13.7. The van der Waals surface area contributed by atoms with E-state index in [1.807, 2.05) is 0 Å². The van der Waals surface area contributed by atoms with Crippen LogP contribution in [0, 0.1) is 13.8 Å². The second kappa shape index (κ2) is 5.52. The van der Waals surface area contributed by atoms with Crippen LogP contribution in [0.25, 0.3) is 0 Å². The Morgan fingerprint density at radius 3 is 1.38 bits per heavy atom. The first kappa shape index (κ1) is 13.3. The lowest BCUT2D eigenvalue weighted by Gasteiger charge is -2.19. The predicted octanol–water partition coefficient (Wildman–Crippen LogP) is 5.33. The molecule has 0 radical (unpaired) electrons. The van der Waals surface area contributed by atoms with Crippen molar-refractivity contribution in [2.75, 3.05) is 0 Å². The summed E-state index contributed by atoms with van der Waals surface area (Å²) in [6.07, 6.45) is 2.45. The second-order valence-corrected chi connectivity index (χ2v) is 5.18. The summed E-state index contributed by atoms with van der Waals surface area (Å²) in [5.41, 5.74) is 6.00. The minimum Gasteiger partial charge on any atom is -0.0648 e. The number of hydrogen-bond donors (Lipinski definition) is 0. The highest BCUT2D eigenvalue weighted by molar-refractivity contribution is 5.40. The molecule has 2 atom stereocenters. The molecule has 0 N–H and O–H groups in total. The van der Waals surface area contributed by atoms with Gasteiger partial charge in [0.15, 0.2) is 0 Å². The Bertz CT molecular complexity index is 314. The molecule has 0 amide bonds. The van der Waals surface area contributed by atoms with Gasteiger partial charge in [-0.15, -0.1) is 0 Å². The first-order valence-corrected chi connectivity index (χ1v) is 6.62. The van der Waals surface area contributed by atoms with Gasteiger partial charge in [0, 0.05) is 0 Å². The zero-order valence-corrected chi connectivity index (χ0v) is 11.7. The van der Waals surface area contributed by atoms with Crippen LogP contribution < -0.4 is 0 Å². The van der Waals surface area contributed by atoms with E-state index in [4.69, 9.17) is 0 Å². The van der Waals surface area contributed by atoms with Crippen molar-refractivity contribution in [2.24, 2.45) is 0 Å². The fourth-order valence-electron chi connectivity index (χ4n) is 2.36. The van der Waals surface area contributed by atoms with Gasteiger partial charge in [0.1, 0.15) is 0 Å². The SMILES string of the molecule is CCC(C)c1cc(C)c(C(C)CC)cc1C. The van der Waals surface area contributed by atoms with E-state index < -0.39 is 0 Å². The van der Waals surface area contributed by atoms with Gasteiger partial charge in [-0.25, -0.2) is 0 Å². The summed E-state index contributed by atoms with van der Waals surface area (Å²) < 4.78 is 0. The molecule has 0 aromatic heterocycles. The summed E-state index contributed by atoms with van der Waals surface area (Å²) in [7, 11) is 0. The molecular formula is C16H26. The van der Waals surface area contributed by atoms with Crippen molar-refractivity contribution in [3.63, 3.8) is 0 Å². The van der Waals surface area contributed by atoms with Gasteiger partial charge in [-0.05, 0) is 60.8 Å². The lowest BCUT2D eigenvalue weighted by molar-refractivity contribution is 0.710. The zero-order chi connectivity index (χ0) is 12.3. The first-order valence-electron chi connectivity index (χ1n) is 6.62. The van der Waals surface area contributed by atoms with Crippen LogP contribution in [0.2, 0.25) is 0 Å². The number of benzene rings is 1. The lowest BCUT2D eigenvalue weighted by Crippen LogP contribution is -2.01. The van der Waals surface area contributed by atoms with Gasteiger partial charge >= 0.3 is 0 Å². The van der Waals surface area contributed by atoms with Crippen molar-refractivity contribution in [1.82, 2.24) is 0 Å². The van der Waals surface area contributed by atoms with Gasteiger partial charge in [-0.2, -0.15) is 0 Å². The number of hydrogen-bond acceptors (Lipinski definition) is 0. The third kappa shape index (κ3) is 2.66. The van der Waals surface area contributed by atoms with E-state index in [1.165, 1.54) is 35.1 Å². The van der Waals surface area contributed by atoms with Gasteiger partial charge in [0.05, 0.1) is 0 Å². The quantitative estimate of drug-likeness (QED) is 0.640. The highest BCUT2D eigenvalue weighted by atomic mass is 14.2. The van der Waals surface area contributed by atoms with Crippen LogP contribution in [0.15, 0.2) is 12.1 Å². The van der Waals surface area contributed by atoms with E-state index in [-0.39, 0.29) is 0 Å². The Hall–Kier alpha value is -0.780. The van der Waals surface area contributed by atoms with Gasteiger partial charge < -0.3 is 0 Å². The van der Waals surface area contributed by atoms with Crippen LogP contribution in [0.1, 0.15) is 74.6 Å². The molecule has 1 aromatic rings. The maximum Gasteiger partial charge on any atom is -0.0190 e. The Morgan fingerprint density at radius 1 is 0.812 bits per heavy atom. The van der Waals surface area contributed by atoms with E-state index in [0.717, 1.165) is 0 Å². The zero-order valence-electron chi connectivity index (χ0n) is 11.7. The van der Waals surface area contributed by atoms with E-state index in [2.05, 4.69) is 53.7 Å². The normalized spacial score (nSPS) is 14.9. The standard InChI is InChI=1S/C16H26/c1-7-11(3)15-9-14(6)16(10-13(15)5)12(4)8-2/h9-12H,7-8H2,1-6H3. The molecule has 0 heteroatoms. The van der Waals surface area contributed by atoms with Crippen molar-refractivity contribution >= 4 is 0 Å². The molecule has 0 spiro atoms. The maximum atomic E-state index is 2.41. The molecular weight excluding hydrogens is 192 g/mol. The van der Waals surface area contributed by atoms with Gasteiger partial charge in [0.25, 0.3) is 0 Å². The summed E-state index contributed by atoms with van der Waals surface area (Å²) in [5, 5.41) is 0. The Morgan fingerprint density at radius 2 is 1.12 bits per heavy atom. The largest absolute Gasteiger partial charge is 0.0648 e. The molecule has 0 aliphatic carbocycles. The minimum atomic E-state index is 0.685. The van der Waals surface area contributed by atoms with E-state index in [9.17, 15) is 0 Å². The smallest absolute Gasteiger partial charge is 0.0190 e. The molecule has 0 saturated heterocycles. The molecule has 0 aliphatic rings. The fraction of sp³-hybridized carbons (Fsp3) is 0.625. The molecule has 1 rings (SSSR count). The van der Waals surface area contributed by atoms with Crippen LogP contribution in [-0.4, -0.2) is 0 Å². The molecule has 0 aliphatic heterocycles. The van der Waals surface area contributed by atoms with Crippen molar-refractivity contribution in [3.05, 3.63) is 34.4 Å². The van der Waals surface area contributed by atoms with Crippen molar-refractivity contribution in [3.8, 4) is 0 Å². The maximum absolute atomic E-state index is 2.41. The molecule has 0 bridgehead atoms. The molecule has 1 aromatic carbocycles. The Labute approximate surface area is 101 Å². The highest BCUT2D eigenvalue weighted by Gasteiger charge is 2.12. The lowest BCUT2D eigenvalue weighted by atomic mass is 9.86. The Balaban J connectivity index is 3.16. The minimum absolute atomic E-state index is 0.685. The van der Waals surface area contributed by atoms with Crippen LogP contribution >= 0.6 is 0 Å². The highest BCUT2D eigenvalue weighted by Crippen LogP contribution is 2.29. The van der Waals surface area contributed by atoms with Crippen LogP contribution in [0.4, 0.5) is 0 Å². The molecule has 16 heavy (non-hydrogen) atoms. The molecule has 0 fully saturated rings. The van der Waals surface area contributed by atoms with Crippen LogP contribution in [-0.2, 0) is 0 Å². The summed E-state index contributed by atoms with van der Waals surface area (Å²) in [4.78, 5) is 0. The Kier molecular flexibility index (Phi) is 4.58. The average molecular weight is 218 g/mol. The first-order chi connectivity index (χ1) is 7.51. The van der Waals surface area contributed by atoms with Crippen molar-refractivity contribution < 1.29 is 0 Å². The predicted molar refractivity (Wildman–Crippen MR) is 73.3 cm³/mol. The number of rotatable bonds is 4. The van der Waals surface area contributed by atoms with Crippen LogP contribution in [0.5, 0.6) is 0 Å². The van der Waals surface area contributed by atoms with Crippen LogP contribution in [0.3, 0.4) is 0 Å². The van der Waals surface area contributed by atoms with E-state index >= 15 is 0 Å². The van der Waals surface area contributed by atoms with Gasteiger partial charge in [-0.3, -0.25) is 0 Å². The molecule has 90 valence electrons. The molecule has 2 unspecified atom stereocenters. The van der Waals surface area contributed by atoms with Gasteiger partial charge in [0.2, 0.25) is 0 Å². The van der Waals surface area contributed by atoms with Crippen molar-refractivity contribution in [1.29, 1.82) is 0 Å². The summed E-state index contributed by atoms with van der Waals surface area (Å²) in [6, 6.07) is 4.82. The topological polar surface area (TPSA) is 0 Å². The third-order valence-electron chi connectivity index (χ3n) is 3.94. The monoisotopic (exact) mass is 218 g/mol. The molecule has 0 nitrogen and oxygen atoms in total.